The number of hydrogen-bond donors (Lipinski definition) is 1. The second-order valence-corrected chi connectivity index (χ2v) is 5.32. The van der Waals surface area contributed by atoms with Crippen LogP contribution in [0.3, 0.4) is 0 Å². The molecule has 1 heterocycles. The number of nitrogens with zero attached hydrogens (tertiary/aromatic N) is 2. The maximum Gasteiger partial charge on any atom is 0.292 e. The van der Waals surface area contributed by atoms with Crippen LogP contribution >= 0.6 is 11.3 Å². The zero-order valence-corrected chi connectivity index (χ0v) is 11.0. The van der Waals surface area contributed by atoms with Gasteiger partial charge in [0.2, 0.25) is 0 Å². The first-order chi connectivity index (χ1) is 8.56. The average molecular weight is 263 g/mol. The van der Waals surface area contributed by atoms with Gasteiger partial charge in [-0.2, -0.15) is 0 Å². The largest absolute Gasteiger partial charge is 0.373 e. The lowest BCUT2D eigenvalue weighted by molar-refractivity contribution is -0.384. The molecule has 0 fully saturated rings. The van der Waals surface area contributed by atoms with Crippen LogP contribution in [-0.2, 0) is 6.54 Å². The minimum atomic E-state index is -0.373. The number of anilines is 1. The summed E-state index contributed by atoms with van der Waals surface area (Å²) >= 11 is 1.58. The molecular weight excluding hydrogens is 250 g/mol. The quantitative estimate of drug-likeness (QED) is 0.679. The van der Waals surface area contributed by atoms with E-state index >= 15 is 0 Å². The molecule has 94 valence electrons. The SMILES string of the molecule is Cc1ccc(NCc2ncc(C)s2)c([N+](=O)[O-])c1. The third-order valence-electron chi connectivity index (χ3n) is 2.45. The van der Waals surface area contributed by atoms with Crippen molar-refractivity contribution in [3.05, 3.63) is 50.0 Å². The Morgan fingerprint density at radius 3 is 2.83 bits per heavy atom. The number of thiazole rings is 1. The number of nitrogens with one attached hydrogen (secondary N) is 1. The molecule has 0 saturated heterocycles. The number of rotatable bonds is 4. The van der Waals surface area contributed by atoms with Crippen molar-refractivity contribution >= 4 is 22.7 Å². The molecule has 2 rings (SSSR count). The summed E-state index contributed by atoms with van der Waals surface area (Å²) in [7, 11) is 0. The molecule has 0 radical (unpaired) electrons. The van der Waals surface area contributed by atoms with Gasteiger partial charge in [0, 0.05) is 17.1 Å². The third-order valence-corrected chi connectivity index (χ3v) is 3.36. The van der Waals surface area contributed by atoms with Crippen molar-refractivity contribution < 1.29 is 4.92 Å². The summed E-state index contributed by atoms with van der Waals surface area (Å²) in [5, 5.41) is 14.9. The second-order valence-electron chi connectivity index (χ2n) is 4.00. The van der Waals surface area contributed by atoms with E-state index in [0.717, 1.165) is 15.4 Å². The van der Waals surface area contributed by atoms with Crippen LogP contribution in [0.25, 0.3) is 0 Å². The summed E-state index contributed by atoms with van der Waals surface area (Å²) in [6, 6.07) is 5.14. The molecule has 5 nitrogen and oxygen atoms in total. The first-order valence-corrected chi connectivity index (χ1v) is 6.28. The molecule has 6 heteroatoms. The first kappa shape index (κ1) is 12.5. The fourth-order valence-corrected chi connectivity index (χ4v) is 2.32. The third kappa shape index (κ3) is 2.84. The number of hydrogen-bond acceptors (Lipinski definition) is 5. The number of nitro benzene ring substituents is 1. The Balaban J connectivity index is 2.16. The Bertz CT molecular complexity index is 580. The topological polar surface area (TPSA) is 68.1 Å². The fourth-order valence-electron chi connectivity index (χ4n) is 1.60. The summed E-state index contributed by atoms with van der Waals surface area (Å²) in [4.78, 5) is 15.9. The summed E-state index contributed by atoms with van der Waals surface area (Å²) in [5.74, 6) is 0. The smallest absolute Gasteiger partial charge is 0.292 e. The van der Waals surface area contributed by atoms with Crippen LogP contribution in [0, 0.1) is 24.0 Å². The predicted octanol–water partition coefficient (Wildman–Crippen LogP) is 3.28. The van der Waals surface area contributed by atoms with Crippen molar-refractivity contribution in [1.29, 1.82) is 0 Å². The summed E-state index contributed by atoms with van der Waals surface area (Å²) in [6.07, 6.45) is 1.80. The van der Waals surface area contributed by atoms with Crippen molar-refractivity contribution in [2.75, 3.05) is 5.32 Å². The van der Waals surface area contributed by atoms with Crippen molar-refractivity contribution in [1.82, 2.24) is 4.98 Å². The molecule has 0 aliphatic rings. The van der Waals surface area contributed by atoms with Crippen LogP contribution in [-0.4, -0.2) is 9.91 Å². The molecule has 18 heavy (non-hydrogen) atoms. The van der Waals surface area contributed by atoms with Gasteiger partial charge in [0.05, 0.1) is 11.5 Å². The zero-order valence-electron chi connectivity index (χ0n) is 10.1. The molecule has 0 spiro atoms. The van der Waals surface area contributed by atoms with Gasteiger partial charge in [-0.15, -0.1) is 11.3 Å². The van der Waals surface area contributed by atoms with Gasteiger partial charge in [0.15, 0.2) is 0 Å². The fraction of sp³-hybridized carbons (Fsp3) is 0.250. The van der Waals surface area contributed by atoms with Gasteiger partial charge in [-0.3, -0.25) is 10.1 Å². The Labute approximate surface area is 109 Å². The molecule has 1 N–H and O–H groups in total. The zero-order chi connectivity index (χ0) is 13.1. The van der Waals surface area contributed by atoms with Gasteiger partial charge in [0.25, 0.3) is 5.69 Å². The van der Waals surface area contributed by atoms with Crippen LogP contribution in [0.4, 0.5) is 11.4 Å². The van der Waals surface area contributed by atoms with Gasteiger partial charge < -0.3 is 5.32 Å². The molecule has 0 aliphatic heterocycles. The highest BCUT2D eigenvalue weighted by Crippen LogP contribution is 2.26. The lowest BCUT2D eigenvalue weighted by atomic mass is 10.2. The molecule has 0 amide bonds. The van der Waals surface area contributed by atoms with E-state index in [1.807, 2.05) is 19.9 Å². The Morgan fingerprint density at radius 2 is 2.22 bits per heavy atom. The van der Waals surface area contributed by atoms with Crippen molar-refractivity contribution in [2.45, 2.75) is 20.4 Å². The van der Waals surface area contributed by atoms with Crippen LogP contribution in [0.1, 0.15) is 15.4 Å². The van der Waals surface area contributed by atoms with Crippen molar-refractivity contribution in [2.24, 2.45) is 0 Å². The molecule has 0 atom stereocenters. The van der Waals surface area contributed by atoms with Crippen LogP contribution in [0.5, 0.6) is 0 Å². The summed E-state index contributed by atoms with van der Waals surface area (Å²) in [6.45, 7) is 4.32. The monoisotopic (exact) mass is 263 g/mol. The highest BCUT2D eigenvalue weighted by Gasteiger charge is 2.13. The van der Waals surface area contributed by atoms with E-state index in [2.05, 4.69) is 10.3 Å². The Hall–Kier alpha value is -1.95. The molecule has 1 aromatic heterocycles. The van der Waals surface area contributed by atoms with E-state index < -0.39 is 0 Å². The van der Waals surface area contributed by atoms with Crippen LogP contribution < -0.4 is 5.32 Å². The number of aromatic nitrogens is 1. The Morgan fingerprint density at radius 1 is 1.44 bits per heavy atom. The van der Waals surface area contributed by atoms with Gasteiger partial charge in [-0.05, 0) is 25.5 Å². The van der Waals surface area contributed by atoms with E-state index in [9.17, 15) is 10.1 Å². The van der Waals surface area contributed by atoms with Crippen LogP contribution in [0.2, 0.25) is 0 Å². The van der Waals surface area contributed by atoms with E-state index in [1.165, 1.54) is 0 Å². The maximum atomic E-state index is 10.9. The number of nitro groups is 1. The number of benzene rings is 1. The molecule has 0 aliphatic carbocycles. The highest BCUT2D eigenvalue weighted by atomic mass is 32.1. The van der Waals surface area contributed by atoms with Crippen LogP contribution in [0.15, 0.2) is 24.4 Å². The lowest BCUT2D eigenvalue weighted by Gasteiger charge is -2.05. The van der Waals surface area contributed by atoms with Gasteiger partial charge in [-0.1, -0.05) is 6.07 Å². The van der Waals surface area contributed by atoms with Gasteiger partial charge >= 0.3 is 0 Å². The molecule has 0 bridgehead atoms. The molecule has 1 aromatic carbocycles. The Kier molecular flexibility index (Phi) is 3.57. The van der Waals surface area contributed by atoms with Crippen molar-refractivity contribution in [3.63, 3.8) is 0 Å². The minimum absolute atomic E-state index is 0.100. The van der Waals surface area contributed by atoms with Crippen molar-refractivity contribution in [3.8, 4) is 0 Å². The normalized spacial score (nSPS) is 10.3. The maximum absolute atomic E-state index is 10.9. The molecular formula is C12H13N3O2S. The molecule has 2 aromatic rings. The first-order valence-electron chi connectivity index (χ1n) is 5.46. The van der Waals surface area contributed by atoms with Gasteiger partial charge in [-0.25, -0.2) is 4.98 Å². The summed E-state index contributed by atoms with van der Waals surface area (Å²) in [5.41, 5.74) is 1.50. The predicted molar refractivity (Wildman–Crippen MR) is 72.0 cm³/mol. The van der Waals surface area contributed by atoms with E-state index in [0.29, 0.717) is 12.2 Å². The van der Waals surface area contributed by atoms with E-state index in [4.69, 9.17) is 0 Å². The second kappa shape index (κ2) is 5.14. The van der Waals surface area contributed by atoms with E-state index in [1.54, 1.807) is 29.7 Å². The number of aryl methyl sites for hydroxylation is 2. The standard InChI is InChI=1S/C12H13N3O2S/c1-8-3-4-10(11(5-8)15(16)17)13-7-12-14-6-9(2)18-12/h3-6,13H,7H2,1-2H3. The lowest BCUT2D eigenvalue weighted by Crippen LogP contribution is -2.02. The van der Waals surface area contributed by atoms with E-state index in [-0.39, 0.29) is 10.6 Å². The average Bonchev–Trinajstić information content (AvgIpc) is 2.73. The van der Waals surface area contributed by atoms with Gasteiger partial charge in [0.1, 0.15) is 10.7 Å². The highest BCUT2D eigenvalue weighted by molar-refractivity contribution is 7.11. The molecule has 0 saturated carbocycles. The minimum Gasteiger partial charge on any atom is -0.373 e. The summed E-state index contributed by atoms with van der Waals surface area (Å²) < 4.78 is 0. The molecule has 0 unspecified atom stereocenters.